The monoisotopic (exact) mass is 315 g/mol. The molecule has 1 saturated heterocycles. The zero-order valence-corrected chi connectivity index (χ0v) is 12.4. The Hall–Kier alpha value is -1.27. The van der Waals surface area contributed by atoms with E-state index in [0.717, 1.165) is 5.56 Å². The molecular formula is C13H14ClNO4S. The van der Waals surface area contributed by atoms with Gasteiger partial charge in [0.1, 0.15) is 0 Å². The van der Waals surface area contributed by atoms with Crippen LogP contribution in [0.3, 0.4) is 0 Å². The molecule has 0 spiro atoms. The molecule has 20 heavy (non-hydrogen) atoms. The Labute approximate surface area is 121 Å². The first-order valence-electron chi connectivity index (χ1n) is 6.31. The van der Waals surface area contributed by atoms with Crippen LogP contribution >= 0.6 is 11.6 Å². The molecule has 1 aliphatic heterocycles. The number of aryl methyl sites for hydroxylation is 1. The molecule has 1 fully saturated rings. The third kappa shape index (κ3) is 2.27. The molecule has 0 amide bonds. The van der Waals surface area contributed by atoms with E-state index in [1.54, 1.807) is 19.2 Å². The van der Waals surface area contributed by atoms with E-state index in [4.69, 9.17) is 16.0 Å². The van der Waals surface area contributed by atoms with Crippen molar-refractivity contribution in [2.75, 3.05) is 11.5 Å². The Balaban J connectivity index is 1.96. The molecular weight excluding hydrogens is 302 g/mol. The average Bonchev–Trinajstić information content (AvgIpc) is 2.89. The second kappa shape index (κ2) is 4.63. The Bertz CT molecular complexity index is 820. The van der Waals surface area contributed by atoms with Crippen molar-refractivity contribution >= 4 is 32.5 Å². The number of fused-ring (bicyclic) bond motifs is 1. The van der Waals surface area contributed by atoms with Crippen LogP contribution in [-0.2, 0) is 16.9 Å². The van der Waals surface area contributed by atoms with Crippen molar-refractivity contribution in [3.8, 4) is 0 Å². The molecule has 5 nitrogen and oxygen atoms in total. The van der Waals surface area contributed by atoms with Crippen molar-refractivity contribution in [1.82, 2.24) is 4.57 Å². The zero-order chi connectivity index (χ0) is 14.5. The highest BCUT2D eigenvalue weighted by Crippen LogP contribution is 2.37. The summed E-state index contributed by atoms with van der Waals surface area (Å²) in [7, 11) is -1.32. The van der Waals surface area contributed by atoms with E-state index < -0.39 is 15.6 Å². The normalized spacial score (nSPS) is 23.2. The molecule has 7 heteroatoms. The first-order valence-corrected chi connectivity index (χ1v) is 8.57. The maximum absolute atomic E-state index is 11.5. The van der Waals surface area contributed by atoms with Crippen molar-refractivity contribution in [2.45, 2.75) is 11.8 Å². The Morgan fingerprint density at radius 2 is 2.20 bits per heavy atom. The van der Waals surface area contributed by atoms with E-state index in [2.05, 4.69) is 0 Å². The number of hydrogen-bond acceptors (Lipinski definition) is 4. The van der Waals surface area contributed by atoms with Gasteiger partial charge in [0.05, 0.1) is 22.4 Å². The van der Waals surface area contributed by atoms with Crippen LogP contribution in [0.15, 0.2) is 27.4 Å². The lowest BCUT2D eigenvalue weighted by atomic mass is 9.98. The summed E-state index contributed by atoms with van der Waals surface area (Å²) in [5, 5.41) is -0.387. The molecule has 1 aliphatic rings. The van der Waals surface area contributed by atoms with E-state index in [9.17, 15) is 13.2 Å². The summed E-state index contributed by atoms with van der Waals surface area (Å²) in [5.41, 5.74) is 1.96. The van der Waals surface area contributed by atoms with Gasteiger partial charge in [-0.2, -0.15) is 0 Å². The first-order chi connectivity index (χ1) is 9.37. The number of rotatable bonds is 2. The molecule has 0 saturated carbocycles. The van der Waals surface area contributed by atoms with Gasteiger partial charge in [-0.1, -0.05) is 6.07 Å². The molecule has 3 rings (SSSR count). The predicted molar refractivity (Wildman–Crippen MR) is 76.8 cm³/mol. The molecule has 2 heterocycles. The van der Waals surface area contributed by atoms with Crippen LogP contribution in [0.5, 0.6) is 0 Å². The molecule has 108 valence electrons. The number of nitrogens with zero attached hydrogens (tertiary/aromatic N) is 1. The van der Waals surface area contributed by atoms with Crippen molar-refractivity contribution in [1.29, 1.82) is 0 Å². The summed E-state index contributed by atoms with van der Waals surface area (Å²) >= 11 is 6.40. The second-order valence-electron chi connectivity index (χ2n) is 5.22. The van der Waals surface area contributed by atoms with Crippen LogP contribution in [0.25, 0.3) is 11.1 Å². The van der Waals surface area contributed by atoms with Crippen LogP contribution in [0.1, 0.15) is 17.4 Å². The van der Waals surface area contributed by atoms with E-state index in [1.807, 2.05) is 6.07 Å². The van der Waals surface area contributed by atoms with Gasteiger partial charge in [-0.25, -0.2) is 13.2 Å². The number of alkyl halides is 1. The first kappa shape index (κ1) is 13.7. The lowest BCUT2D eigenvalue weighted by Gasteiger charge is -2.15. The minimum Gasteiger partial charge on any atom is -0.408 e. The lowest BCUT2D eigenvalue weighted by Crippen LogP contribution is -2.10. The van der Waals surface area contributed by atoms with Gasteiger partial charge < -0.3 is 4.42 Å². The van der Waals surface area contributed by atoms with Crippen molar-refractivity contribution in [3.63, 3.8) is 0 Å². The van der Waals surface area contributed by atoms with Gasteiger partial charge in [-0.3, -0.25) is 4.57 Å². The number of benzene rings is 1. The predicted octanol–water partition coefficient (Wildman–Crippen LogP) is 1.85. The smallest absolute Gasteiger partial charge is 0.408 e. The van der Waals surface area contributed by atoms with Gasteiger partial charge in [-0.05, 0) is 30.0 Å². The van der Waals surface area contributed by atoms with Crippen molar-refractivity contribution in [2.24, 2.45) is 13.0 Å². The summed E-state index contributed by atoms with van der Waals surface area (Å²) < 4.78 is 29.6. The molecule has 2 unspecified atom stereocenters. The molecule has 2 atom stereocenters. The van der Waals surface area contributed by atoms with E-state index in [-0.39, 0.29) is 22.8 Å². The molecule has 0 aliphatic carbocycles. The minimum atomic E-state index is -2.96. The summed E-state index contributed by atoms with van der Waals surface area (Å²) in [4.78, 5) is 11.4. The summed E-state index contributed by atoms with van der Waals surface area (Å²) in [5.74, 6) is -0.192. The van der Waals surface area contributed by atoms with Crippen molar-refractivity contribution < 1.29 is 12.8 Å². The highest BCUT2D eigenvalue weighted by Gasteiger charge is 2.33. The van der Waals surface area contributed by atoms with E-state index in [1.165, 1.54) is 4.57 Å². The van der Waals surface area contributed by atoms with Gasteiger partial charge in [0, 0.05) is 7.05 Å². The number of oxazole rings is 1. The lowest BCUT2D eigenvalue weighted by molar-refractivity contribution is 0.526. The number of hydrogen-bond donors (Lipinski definition) is 0. The fourth-order valence-corrected chi connectivity index (χ4v) is 4.95. The molecule has 1 aromatic heterocycles. The van der Waals surface area contributed by atoms with Crippen LogP contribution < -0.4 is 5.76 Å². The number of sulfone groups is 1. The fourth-order valence-electron chi connectivity index (χ4n) is 2.65. The van der Waals surface area contributed by atoms with Gasteiger partial charge in [-0.15, -0.1) is 11.6 Å². The van der Waals surface area contributed by atoms with Gasteiger partial charge in [0.25, 0.3) is 0 Å². The Kier molecular flexibility index (Phi) is 3.17. The summed E-state index contributed by atoms with van der Waals surface area (Å²) in [6.07, 6.45) is 0.577. The fraction of sp³-hybridized carbons (Fsp3) is 0.462. The second-order valence-corrected chi connectivity index (χ2v) is 7.92. The van der Waals surface area contributed by atoms with Crippen LogP contribution in [0.2, 0.25) is 0 Å². The third-order valence-corrected chi connectivity index (χ3v) is 6.22. The highest BCUT2D eigenvalue weighted by molar-refractivity contribution is 7.91. The van der Waals surface area contributed by atoms with Gasteiger partial charge in [0.15, 0.2) is 15.4 Å². The summed E-state index contributed by atoms with van der Waals surface area (Å²) in [6.45, 7) is 0. The van der Waals surface area contributed by atoms with Gasteiger partial charge >= 0.3 is 5.76 Å². The average molecular weight is 316 g/mol. The maximum Gasteiger partial charge on any atom is 0.419 e. The Morgan fingerprint density at radius 3 is 2.85 bits per heavy atom. The number of aromatic nitrogens is 1. The summed E-state index contributed by atoms with van der Waals surface area (Å²) in [6, 6.07) is 5.31. The zero-order valence-electron chi connectivity index (χ0n) is 10.9. The van der Waals surface area contributed by atoms with Gasteiger partial charge in [0.2, 0.25) is 0 Å². The third-order valence-electron chi connectivity index (χ3n) is 3.82. The number of halogens is 1. The molecule has 1 aromatic carbocycles. The molecule has 0 N–H and O–H groups in total. The van der Waals surface area contributed by atoms with Crippen LogP contribution in [-0.4, -0.2) is 24.5 Å². The molecule has 0 radical (unpaired) electrons. The van der Waals surface area contributed by atoms with Crippen LogP contribution in [0, 0.1) is 5.92 Å². The largest absolute Gasteiger partial charge is 0.419 e. The minimum absolute atomic E-state index is 0.0884. The maximum atomic E-state index is 11.5. The van der Waals surface area contributed by atoms with E-state index in [0.29, 0.717) is 17.5 Å². The topological polar surface area (TPSA) is 69.3 Å². The van der Waals surface area contributed by atoms with Crippen LogP contribution in [0.4, 0.5) is 0 Å². The molecule has 2 aromatic rings. The standard InChI is InChI=1S/C13H14ClNO4S/c1-15-10-3-2-8(6-11(10)19-13(15)16)12(14)9-4-5-20(17,18)7-9/h2-3,6,9,12H,4-5,7H2,1H3. The van der Waals surface area contributed by atoms with Crippen molar-refractivity contribution in [3.05, 3.63) is 34.3 Å². The quantitative estimate of drug-likeness (QED) is 0.793. The molecule has 0 bridgehead atoms. The van der Waals surface area contributed by atoms with E-state index >= 15 is 0 Å². The SMILES string of the molecule is Cn1c(=O)oc2cc(C(Cl)C3CCS(=O)(=O)C3)ccc21. The Morgan fingerprint density at radius 1 is 1.45 bits per heavy atom. The highest BCUT2D eigenvalue weighted by atomic mass is 35.5.